The van der Waals surface area contributed by atoms with Gasteiger partial charge in [-0.25, -0.2) is 14.4 Å². The predicted molar refractivity (Wildman–Crippen MR) is 126 cm³/mol. The fourth-order valence-corrected chi connectivity index (χ4v) is 4.94. The van der Waals surface area contributed by atoms with Gasteiger partial charge in [-0.05, 0) is 56.6 Å². The molecule has 12 heteroatoms. The second-order valence-electron chi connectivity index (χ2n) is 9.45. The zero-order valence-corrected chi connectivity index (χ0v) is 20.0. The highest BCUT2D eigenvalue weighted by Gasteiger charge is 2.38. The number of esters is 1. The number of Topliss-reactive ketones (excluding diaryl/α,β-unsaturated/α-hetero) is 1. The van der Waals surface area contributed by atoms with Crippen LogP contribution in [0.5, 0.6) is 5.75 Å². The molecule has 0 bridgehead atoms. The maximum absolute atomic E-state index is 12.8. The van der Waals surface area contributed by atoms with E-state index in [-0.39, 0.29) is 53.6 Å². The minimum absolute atomic E-state index is 0.0462. The number of para-hydroxylation sites is 1. The third kappa shape index (κ3) is 6.17. The molecule has 1 aliphatic heterocycles. The number of urea groups is 1. The fourth-order valence-electron chi connectivity index (χ4n) is 4.94. The van der Waals surface area contributed by atoms with Crippen molar-refractivity contribution in [3.63, 3.8) is 0 Å². The molecule has 1 saturated carbocycles. The number of benzene rings is 1. The highest BCUT2D eigenvalue weighted by molar-refractivity contribution is 6.47. The number of aryl methyl sites for hydroxylation is 1. The molecule has 0 radical (unpaired) electrons. The molecule has 4 rings (SSSR count). The molecular weight excluding hydrogens is 471 g/mol. The Morgan fingerprint density at radius 2 is 1.92 bits per heavy atom. The molecule has 36 heavy (non-hydrogen) atoms. The van der Waals surface area contributed by atoms with Crippen molar-refractivity contribution in [3.05, 3.63) is 51.5 Å². The van der Waals surface area contributed by atoms with Crippen LogP contribution in [0.3, 0.4) is 0 Å². The Bertz CT molecular complexity index is 1180. The van der Waals surface area contributed by atoms with Crippen LogP contribution in [0.1, 0.15) is 66.0 Å². The summed E-state index contributed by atoms with van der Waals surface area (Å²) in [5.74, 6) is -1.20. The van der Waals surface area contributed by atoms with E-state index in [9.17, 15) is 24.2 Å². The van der Waals surface area contributed by atoms with E-state index >= 15 is 0 Å². The molecule has 1 aliphatic carbocycles. The maximum Gasteiger partial charge on any atom is 0.526 e. The molecule has 0 unspecified atom stereocenters. The molecule has 2 heterocycles. The highest BCUT2D eigenvalue weighted by atomic mass is 16.6. The molecule has 4 N–H and O–H groups in total. The summed E-state index contributed by atoms with van der Waals surface area (Å²) in [4.78, 5) is 47.6. The largest absolute Gasteiger partial charge is 0.535 e. The standard InChI is InChI=1S/C24H29BN2O9/c1-13-20(35-24(31)34-13)12-33-22(29)19-4-2-3-15-10-16(25(32)36-21(15)19)11-18(28)9-14-5-7-17(8-6-14)27-23(26)30/h2-4,14,16-17,32H,5-12H2,1H3,(H3,26,27,30)/t14?,16-,17?/m1/s1. The van der Waals surface area contributed by atoms with Crippen molar-refractivity contribution in [3.8, 4) is 5.75 Å². The van der Waals surface area contributed by atoms with Crippen molar-refractivity contribution >= 4 is 24.9 Å². The number of ether oxygens (including phenoxy) is 1. The number of nitrogens with one attached hydrogen (secondary N) is 1. The first-order valence-corrected chi connectivity index (χ1v) is 12.0. The van der Waals surface area contributed by atoms with E-state index in [0.29, 0.717) is 18.4 Å². The van der Waals surface area contributed by atoms with Crippen LogP contribution in [0, 0.1) is 12.8 Å². The average Bonchev–Trinajstić information content (AvgIpc) is 3.15. The molecule has 0 spiro atoms. The highest BCUT2D eigenvalue weighted by Crippen LogP contribution is 2.37. The van der Waals surface area contributed by atoms with Gasteiger partial charge in [-0.2, -0.15) is 0 Å². The number of fused-ring (bicyclic) bond motifs is 1. The Morgan fingerprint density at radius 1 is 1.17 bits per heavy atom. The van der Waals surface area contributed by atoms with Crippen LogP contribution in [0.2, 0.25) is 5.82 Å². The van der Waals surface area contributed by atoms with Crippen molar-refractivity contribution in [1.29, 1.82) is 0 Å². The summed E-state index contributed by atoms with van der Waals surface area (Å²) in [6, 6.07) is 4.50. The monoisotopic (exact) mass is 500 g/mol. The molecule has 0 saturated heterocycles. The van der Waals surface area contributed by atoms with Crippen molar-refractivity contribution in [1.82, 2.24) is 5.32 Å². The van der Waals surface area contributed by atoms with Gasteiger partial charge in [-0.1, -0.05) is 12.1 Å². The third-order valence-electron chi connectivity index (χ3n) is 6.81. The second-order valence-corrected chi connectivity index (χ2v) is 9.45. The van der Waals surface area contributed by atoms with Gasteiger partial charge < -0.3 is 34.3 Å². The van der Waals surface area contributed by atoms with Gasteiger partial charge in [0.1, 0.15) is 17.1 Å². The molecule has 2 aromatic rings. The molecule has 1 fully saturated rings. The topological polar surface area (TPSA) is 171 Å². The molecule has 192 valence electrons. The van der Waals surface area contributed by atoms with E-state index in [0.717, 1.165) is 25.7 Å². The van der Waals surface area contributed by atoms with Crippen molar-refractivity contribution in [2.45, 2.75) is 70.3 Å². The van der Waals surface area contributed by atoms with Crippen LogP contribution in [0.25, 0.3) is 0 Å². The van der Waals surface area contributed by atoms with Crippen LogP contribution in [0.15, 0.2) is 31.8 Å². The number of hydrogen-bond donors (Lipinski definition) is 3. The van der Waals surface area contributed by atoms with Gasteiger partial charge in [0.05, 0.1) is 0 Å². The lowest BCUT2D eigenvalue weighted by Gasteiger charge is -2.30. The summed E-state index contributed by atoms with van der Waals surface area (Å²) in [6.45, 7) is 1.23. The van der Waals surface area contributed by atoms with E-state index in [2.05, 4.69) is 5.32 Å². The van der Waals surface area contributed by atoms with Crippen molar-refractivity contribution in [2.24, 2.45) is 11.7 Å². The quantitative estimate of drug-likeness (QED) is 0.363. The van der Waals surface area contributed by atoms with Gasteiger partial charge in [0.25, 0.3) is 0 Å². The SMILES string of the molecule is Cc1oc(=O)oc1COC(=O)c1cccc2c1OB(O)[C@@H](CC(=O)CC1CCC(NC(N)=O)CC1)C2. The summed E-state index contributed by atoms with van der Waals surface area (Å²) in [5, 5.41) is 13.3. The smallest absolute Gasteiger partial charge is 0.526 e. The predicted octanol–water partition coefficient (Wildman–Crippen LogP) is 2.26. The summed E-state index contributed by atoms with van der Waals surface area (Å²) >= 11 is 0. The number of nitrogens with two attached hydrogens (primary N) is 1. The van der Waals surface area contributed by atoms with Crippen LogP contribution < -0.4 is 21.5 Å². The Hall–Kier alpha value is -3.54. The van der Waals surface area contributed by atoms with Gasteiger partial charge in [-0.3, -0.25) is 4.79 Å². The molecule has 1 atom stereocenters. The Kier molecular flexibility index (Phi) is 7.83. The Morgan fingerprint density at radius 3 is 2.58 bits per heavy atom. The van der Waals surface area contributed by atoms with Gasteiger partial charge in [0.2, 0.25) is 0 Å². The van der Waals surface area contributed by atoms with Crippen molar-refractivity contribution < 1.29 is 37.6 Å². The summed E-state index contributed by atoms with van der Waals surface area (Å²) in [7, 11) is -1.25. The van der Waals surface area contributed by atoms with Crippen LogP contribution in [-0.4, -0.2) is 36.0 Å². The zero-order valence-electron chi connectivity index (χ0n) is 20.0. The van der Waals surface area contributed by atoms with Crippen LogP contribution >= 0.6 is 0 Å². The fraction of sp³-hybridized carbons (Fsp3) is 0.500. The summed E-state index contributed by atoms with van der Waals surface area (Å²) in [5.41, 5.74) is 6.00. The first-order chi connectivity index (χ1) is 17.2. The van der Waals surface area contributed by atoms with E-state index in [4.69, 9.17) is 24.0 Å². The van der Waals surface area contributed by atoms with E-state index < -0.39 is 30.8 Å². The van der Waals surface area contributed by atoms with Gasteiger partial charge in [-0.15, -0.1) is 0 Å². The van der Waals surface area contributed by atoms with E-state index in [1.54, 1.807) is 12.1 Å². The van der Waals surface area contributed by atoms with Gasteiger partial charge in [0.15, 0.2) is 18.1 Å². The third-order valence-corrected chi connectivity index (χ3v) is 6.81. The molecule has 1 aromatic heterocycles. The van der Waals surface area contributed by atoms with E-state index in [1.165, 1.54) is 13.0 Å². The van der Waals surface area contributed by atoms with Crippen LogP contribution in [-0.2, 0) is 22.6 Å². The van der Waals surface area contributed by atoms with Gasteiger partial charge >= 0.3 is 24.9 Å². The lowest BCUT2D eigenvalue weighted by Crippen LogP contribution is -2.41. The van der Waals surface area contributed by atoms with Crippen LogP contribution in [0.4, 0.5) is 4.79 Å². The average molecular weight is 500 g/mol. The second kappa shape index (κ2) is 11.0. The minimum Gasteiger partial charge on any atom is -0.535 e. The first kappa shape index (κ1) is 25.6. The lowest BCUT2D eigenvalue weighted by atomic mass is 9.64. The number of ketones is 1. The number of amides is 2. The number of carbonyl (C=O) groups excluding carboxylic acids is 3. The summed E-state index contributed by atoms with van der Waals surface area (Å²) in [6.07, 6.45) is 4.17. The molecular formula is C24H29BN2O9. The number of hydrogen-bond acceptors (Lipinski definition) is 9. The Labute approximate surface area is 207 Å². The zero-order chi connectivity index (χ0) is 25.8. The van der Waals surface area contributed by atoms with Gasteiger partial charge in [0, 0.05) is 24.7 Å². The lowest BCUT2D eigenvalue weighted by molar-refractivity contribution is -0.120. The number of primary amides is 1. The number of carbonyl (C=O) groups is 3. The van der Waals surface area contributed by atoms with E-state index in [1.807, 2.05) is 0 Å². The maximum atomic E-state index is 12.8. The molecule has 1 aromatic carbocycles. The van der Waals surface area contributed by atoms with Crippen molar-refractivity contribution in [2.75, 3.05) is 0 Å². The molecule has 11 nitrogen and oxygen atoms in total. The minimum atomic E-state index is -1.25. The summed E-state index contributed by atoms with van der Waals surface area (Å²) < 4.78 is 20.5. The molecule has 2 aliphatic rings. The molecule has 2 amide bonds. The first-order valence-electron chi connectivity index (χ1n) is 12.0. The normalized spacial score (nSPS) is 21.3. The Balaban J connectivity index is 1.32. The number of rotatable bonds is 8.